The van der Waals surface area contributed by atoms with Crippen LogP contribution in [0, 0.1) is 0 Å². The lowest BCUT2D eigenvalue weighted by molar-refractivity contribution is -0.308. The fourth-order valence-electron chi connectivity index (χ4n) is 1.50. The minimum Gasteiger partial charge on any atom is -0.549 e. The van der Waals surface area contributed by atoms with Crippen LogP contribution in [-0.2, 0) is 4.79 Å². The van der Waals surface area contributed by atoms with E-state index in [1.54, 1.807) is 13.0 Å². The fourth-order valence-corrected chi connectivity index (χ4v) is 1.50. The molecule has 0 aliphatic rings. The molecule has 0 spiro atoms. The average molecular weight is 206 g/mol. The highest BCUT2D eigenvalue weighted by Crippen LogP contribution is 2.22. The average Bonchev–Trinajstić information content (AvgIpc) is 2.18. The van der Waals surface area contributed by atoms with Gasteiger partial charge in [0.15, 0.2) is 0 Å². The Hall–Kier alpha value is -1.84. The quantitative estimate of drug-likeness (QED) is 0.652. The number of carbonyl (C=O) groups is 2. The zero-order valence-corrected chi connectivity index (χ0v) is 8.23. The number of aromatic carboxylic acids is 1. The van der Waals surface area contributed by atoms with E-state index in [1.807, 2.05) is 0 Å². The SMILES string of the molecule is CC[C@H](C(=O)[O-])c1ccccc1C(=O)[O-]. The molecule has 80 valence electrons. The van der Waals surface area contributed by atoms with E-state index in [2.05, 4.69) is 0 Å². The number of carboxylic acid groups (broad SMARTS) is 2. The number of benzene rings is 1. The van der Waals surface area contributed by atoms with Crippen molar-refractivity contribution in [3.63, 3.8) is 0 Å². The Morgan fingerprint density at radius 3 is 2.33 bits per heavy atom. The molecule has 0 saturated carbocycles. The normalized spacial score (nSPS) is 12.1. The van der Waals surface area contributed by atoms with E-state index in [4.69, 9.17) is 0 Å². The van der Waals surface area contributed by atoms with Crippen molar-refractivity contribution in [1.82, 2.24) is 0 Å². The van der Waals surface area contributed by atoms with E-state index in [-0.39, 0.29) is 17.5 Å². The Labute approximate surface area is 87.2 Å². The maximum atomic E-state index is 10.8. The molecule has 0 bridgehead atoms. The molecule has 1 rings (SSSR count). The molecule has 0 aromatic heterocycles. The number of carboxylic acids is 2. The first-order valence-corrected chi connectivity index (χ1v) is 4.59. The summed E-state index contributed by atoms with van der Waals surface area (Å²) in [6, 6.07) is 5.91. The summed E-state index contributed by atoms with van der Waals surface area (Å²) in [4.78, 5) is 21.5. The van der Waals surface area contributed by atoms with Crippen LogP contribution in [0.3, 0.4) is 0 Å². The van der Waals surface area contributed by atoms with Gasteiger partial charge in [0.2, 0.25) is 0 Å². The van der Waals surface area contributed by atoms with Gasteiger partial charge >= 0.3 is 0 Å². The number of aliphatic carboxylic acids is 1. The largest absolute Gasteiger partial charge is 0.549 e. The van der Waals surface area contributed by atoms with Crippen LogP contribution < -0.4 is 10.2 Å². The van der Waals surface area contributed by atoms with Crippen LogP contribution in [0.15, 0.2) is 24.3 Å². The van der Waals surface area contributed by atoms with E-state index in [1.165, 1.54) is 18.2 Å². The molecule has 0 amide bonds. The first-order valence-electron chi connectivity index (χ1n) is 4.59. The van der Waals surface area contributed by atoms with Gasteiger partial charge in [0.1, 0.15) is 0 Å². The Kier molecular flexibility index (Phi) is 3.44. The highest BCUT2D eigenvalue weighted by atomic mass is 16.4. The summed E-state index contributed by atoms with van der Waals surface area (Å²) in [5, 5.41) is 21.5. The molecule has 1 atom stereocenters. The molecule has 0 unspecified atom stereocenters. The number of carbonyl (C=O) groups excluding carboxylic acids is 2. The second-order valence-electron chi connectivity index (χ2n) is 3.15. The number of rotatable bonds is 4. The molecule has 4 heteroatoms. The van der Waals surface area contributed by atoms with Crippen molar-refractivity contribution in [3.8, 4) is 0 Å². The lowest BCUT2D eigenvalue weighted by Gasteiger charge is -2.20. The van der Waals surface area contributed by atoms with Crippen LogP contribution in [0.5, 0.6) is 0 Å². The van der Waals surface area contributed by atoms with Crippen molar-refractivity contribution in [1.29, 1.82) is 0 Å². The molecular weight excluding hydrogens is 196 g/mol. The highest BCUT2D eigenvalue weighted by Gasteiger charge is 2.14. The van der Waals surface area contributed by atoms with E-state index >= 15 is 0 Å². The van der Waals surface area contributed by atoms with E-state index in [0.29, 0.717) is 0 Å². The van der Waals surface area contributed by atoms with Crippen LogP contribution in [0.1, 0.15) is 35.2 Å². The van der Waals surface area contributed by atoms with Gasteiger partial charge < -0.3 is 19.8 Å². The van der Waals surface area contributed by atoms with Crippen LogP contribution in [0.4, 0.5) is 0 Å². The van der Waals surface area contributed by atoms with Gasteiger partial charge in [-0.3, -0.25) is 0 Å². The van der Waals surface area contributed by atoms with E-state index < -0.39 is 17.9 Å². The standard InChI is InChI=1S/C11H12O4/c1-2-7(10(12)13)8-5-3-4-6-9(8)11(14)15/h3-7H,2H2,1H3,(H,12,13)(H,14,15)/p-2/t7-/m0/s1. The number of hydrogen-bond acceptors (Lipinski definition) is 4. The molecule has 15 heavy (non-hydrogen) atoms. The monoisotopic (exact) mass is 206 g/mol. The third kappa shape index (κ3) is 2.34. The van der Waals surface area contributed by atoms with Crippen molar-refractivity contribution in [2.75, 3.05) is 0 Å². The molecular formula is C11H10O4-2. The molecule has 0 radical (unpaired) electrons. The molecule has 0 fully saturated rings. The van der Waals surface area contributed by atoms with Gasteiger partial charge in [-0.15, -0.1) is 0 Å². The molecule has 0 aliphatic heterocycles. The van der Waals surface area contributed by atoms with Crippen molar-refractivity contribution in [3.05, 3.63) is 35.4 Å². The van der Waals surface area contributed by atoms with E-state index in [0.717, 1.165) is 0 Å². The Bertz CT molecular complexity index is 384. The first kappa shape index (κ1) is 11.2. The zero-order valence-electron chi connectivity index (χ0n) is 8.23. The maximum Gasteiger partial charge on any atom is 0.0718 e. The minimum atomic E-state index is -1.37. The molecule has 0 saturated heterocycles. The summed E-state index contributed by atoms with van der Waals surface area (Å²) in [6.45, 7) is 1.66. The minimum absolute atomic E-state index is 0.0893. The van der Waals surface area contributed by atoms with Gasteiger partial charge in [-0.1, -0.05) is 31.2 Å². The summed E-state index contributed by atoms with van der Waals surface area (Å²) in [7, 11) is 0. The lowest BCUT2D eigenvalue weighted by atomic mass is 9.92. The van der Waals surface area contributed by atoms with Gasteiger partial charge in [-0.25, -0.2) is 0 Å². The van der Waals surface area contributed by atoms with Gasteiger partial charge in [-0.05, 0) is 12.0 Å². The Balaban J connectivity index is 3.22. The summed E-state index contributed by atoms with van der Waals surface area (Å²) < 4.78 is 0. The van der Waals surface area contributed by atoms with Crippen molar-refractivity contribution >= 4 is 11.9 Å². The second kappa shape index (κ2) is 4.59. The first-order chi connectivity index (χ1) is 7.07. The van der Waals surface area contributed by atoms with Crippen LogP contribution in [0.2, 0.25) is 0 Å². The lowest BCUT2D eigenvalue weighted by Crippen LogP contribution is -2.32. The topological polar surface area (TPSA) is 80.3 Å². The van der Waals surface area contributed by atoms with E-state index in [9.17, 15) is 19.8 Å². The van der Waals surface area contributed by atoms with Gasteiger partial charge in [0.05, 0.1) is 5.97 Å². The summed E-state index contributed by atoms with van der Waals surface area (Å²) in [6.07, 6.45) is 0.284. The van der Waals surface area contributed by atoms with Crippen molar-refractivity contribution in [2.45, 2.75) is 19.3 Å². The molecule has 1 aromatic rings. The molecule has 0 heterocycles. The third-order valence-corrected chi connectivity index (χ3v) is 2.25. The Morgan fingerprint density at radius 1 is 1.27 bits per heavy atom. The summed E-state index contributed by atoms with van der Waals surface area (Å²) in [5.41, 5.74) is 0.147. The smallest absolute Gasteiger partial charge is 0.0718 e. The number of hydrogen-bond donors (Lipinski definition) is 0. The molecule has 4 nitrogen and oxygen atoms in total. The van der Waals surface area contributed by atoms with Crippen molar-refractivity contribution < 1.29 is 19.8 Å². The van der Waals surface area contributed by atoms with Gasteiger partial charge in [-0.2, -0.15) is 0 Å². The Morgan fingerprint density at radius 2 is 1.87 bits per heavy atom. The van der Waals surface area contributed by atoms with Crippen LogP contribution >= 0.6 is 0 Å². The fraction of sp³-hybridized carbons (Fsp3) is 0.273. The van der Waals surface area contributed by atoms with Gasteiger partial charge in [0, 0.05) is 17.5 Å². The molecule has 0 aliphatic carbocycles. The maximum absolute atomic E-state index is 10.8. The highest BCUT2D eigenvalue weighted by molar-refractivity contribution is 5.90. The second-order valence-corrected chi connectivity index (χ2v) is 3.15. The van der Waals surface area contributed by atoms with Crippen LogP contribution in [0.25, 0.3) is 0 Å². The van der Waals surface area contributed by atoms with Crippen molar-refractivity contribution in [2.24, 2.45) is 0 Å². The predicted molar refractivity (Wildman–Crippen MR) is 48.8 cm³/mol. The zero-order chi connectivity index (χ0) is 11.4. The summed E-state index contributed by atoms with van der Waals surface area (Å²) in [5.74, 6) is -3.55. The summed E-state index contributed by atoms with van der Waals surface area (Å²) >= 11 is 0. The molecule has 1 aromatic carbocycles. The van der Waals surface area contributed by atoms with Crippen LogP contribution in [-0.4, -0.2) is 11.9 Å². The van der Waals surface area contributed by atoms with Gasteiger partial charge in [0.25, 0.3) is 0 Å². The predicted octanol–water partition coefficient (Wildman–Crippen LogP) is -0.706. The third-order valence-electron chi connectivity index (χ3n) is 2.25. The molecule has 0 N–H and O–H groups in total.